The molecule has 0 radical (unpaired) electrons. The fourth-order valence-electron chi connectivity index (χ4n) is 2.81. The summed E-state index contributed by atoms with van der Waals surface area (Å²) in [6, 6.07) is 12.9. The highest BCUT2D eigenvalue weighted by atomic mass is 35.5. The molecule has 150 valence electrons. The molecule has 8 heteroatoms. The summed E-state index contributed by atoms with van der Waals surface area (Å²) in [4.78, 5) is 4.26. The zero-order chi connectivity index (χ0) is 19.3. The molecule has 28 heavy (non-hydrogen) atoms. The molecular weight excluding hydrogens is 401 g/mol. The Bertz CT molecular complexity index is 1010. The van der Waals surface area contributed by atoms with Crippen LogP contribution in [0.1, 0.15) is 12.5 Å². The van der Waals surface area contributed by atoms with E-state index in [2.05, 4.69) is 15.0 Å². The lowest BCUT2D eigenvalue weighted by Gasteiger charge is -2.15. The van der Waals surface area contributed by atoms with Crippen LogP contribution in [0.15, 0.2) is 65.8 Å². The standard InChI is InChI=1S/C20H22FN3O2S.ClH/c1-15(13-22-10-8-16-2-5-19(21)6-3-16)24-27(25,26)20-7-4-18-14-23-11-9-17(18)12-20;/h2-7,9,11-12,14-15,22,24H,8,10,13H2,1H3;1H/t15-;/m1./s1. The third-order valence-electron chi connectivity index (χ3n) is 4.23. The molecule has 0 aliphatic rings. The van der Waals surface area contributed by atoms with E-state index in [-0.39, 0.29) is 29.2 Å². The molecule has 0 saturated heterocycles. The number of sulfonamides is 1. The summed E-state index contributed by atoms with van der Waals surface area (Å²) < 4.78 is 40.7. The van der Waals surface area contributed by atoms with Crippen molar-refractivity contribution in [2.24, 2.45) is 0 Å². The van der Waals surface area contributed by atoms with Crippen LogP contribution in [-0.2, 0) is 16.4 Å². The maximum Gasteiger partial charge on any atom is 0.240 e. The molecule has 2 N–H and O–H groups in total. The first-order chi connectivity index (χ1) is 12.9. The zero-order valence-electron chi connectivity index (χ0n) is 15.4. The molecule has 1 heterocycles. The fourth-order valence-corrected chi connectivity index (χ4v) is 4.08. The Kier molecular flexibility index (Phi) is 7.88. The van der Waals surface area contributed by atoms with E-state index in [1.165, 1.54) is 12.1 Å². The number of nitrogens with one attached hydrogen (secondary N) is 2. The number of hydrogen-bond acceptors (Lipinski definition) is 4. The highest BCUT2D eigenvalue weighted by Crippen LogP contribution is 2.18. The fraction of sp³-hybridized carbons (Fsp3) is 0.250. The Morgan fingerprint density at radius 3 is 2.57 bits per heavy atom. The molecule has 0 amide bonds. The average Bonchev–Trinajstić information content (AvgIpc) is 2.66. The minimum absolute atomic E-state index is 0. The highest BCUT2D eigenvalue weighted by molar-refractivity contribution is 7.89. The van der Waals surface area contributed by atoms with Crippen molar-refractivity contribution in [2.75, 3.05) is 13.1 Å². The van der Waals surface area contributed by atoms with Crippen LogP contribution in [0.4, 0.5) is 4.39 Å². The Labute approximate surface area is 170 Å². The van der Waals surface area contributed by atoms with E-state index < -0.39 is 10.0 Å². The van der Waals surface area contributed by atoms with Crippen molar-refractivity contribution in [3.05, 3.63) is 72.3 Å². The van der Waals surface area contributed by atoms with Crippen molar-refractivity contribution in [1.29, 1.82) is 0 Å². The third-order valence-corrected chi connectivity index (χ3v) is 5.82. The second-order valence-electron chi connectivity index (χ2n) is 6.49. The Balaban J connectivity index is 0.00000280. The van der Waals surface area contributed by atoms with Gasteiger partial charge in [-0.05, 0) is 61.2 Å². The van der Waals surface area contributed by atoms with Gasteiger partial charge in [0.25, 0.3) is 0 Å². The van der Waals surface area contributed by atoms with Gasteiger partial charge < -0.3 is 5.32 Å². The van der Waals surface area contributed by atoms with E-state index in [4.69, 9.17) is 0 Å². The van der Waals surface area contributed by atoms with E-state index in [1.54, 1.807) is 48.8 Å². The molecule has 0 spiro atoms. The van der Waals surface area contributed by atoms with E-state index in [9.17, 15) is 12.8 Å². The molecule has 0 aliphatic carbocycles. The normalized spacial score (nSPS) is 12.5. The summed E-state index contributed by atoms with van der Waals surface area (Å²) in [5, 5.41) is 4.95. The van der Waals surface area contributed by atoms with Crippen LogP contribution in [0.3, 0.4) is 0 Å². The molecular formula is C20H23ClFN3O2S. The summed E-state index contributed by atoms with van der Waals surface area (Å²) in [6.07, 6.45) is 4.09. The van der Waals surface area contributed by atoms with Crippen LogP contribution < -0.4 is 10.0 Å². The first kappa shape index (κ1) is 22.2. The molecule has 3 rings (SSSR count). The van der Waals surface area contributed by atoms with Crippen LogP contribution >= 0.6 is 12.4 Å². The second-order valence-corrected chi connectivity index (χ2v) is 8.20. The lowest BCUT2D eigenvalue weighted by molar-refractivity contribution is 0.537. The molecule has 2 aromatic carbocycles. The molecule has 0 saturated carbocycles. The molecule has 5 nitrogen and oxygen atoms in total. The highest BCUT2D eigenvalue weighted by Gasteiger charge is 2.17. The number of aromatic nitrogens is 1. The van der Waals surface area contributed by atoms with Crippen LogP contribution in [-0.4, -0.2) is 32.5 Å². The lowest BCUT2D eigenvalue weighted by atomic mass is 10.1. The molecule has 1 atom stereocenters. The summed E-state index contributed by atoms with van der Waals surface area (Å²) in [6.45, 7) is 2.99. The maximum absolute atomic E-state index is 12.9. The Morgan fingerprint density at radius 2 is 1.82 bits per heavy atom. The van der Waals surface area contributed by atoms with Crippen molar-refractivity contribution in [2.45, 2.75) is 24.3 Å². The summed E-state index contributed by atoms with van der Waals surface area (Å²) in [7, 11) is -3.60. The number of fused-ring (bicyclic) bond motifs is 1. The van der Waals surface area contributed by atoms with Crippen molar-refractivity contribution >= 4 is 33.2 Å². The van der Waals surface area contributed by atoms with Crippen molar-refractivity contribution < 1.29 is 12.8 Å². The zero-order valence-corrected chi connectivity index (χ0v) is 17.1. The van der Waals surface area contributed by atoms with Gasteiger partial charge in [-0.2, -0.15) is 0 Å². The number of benzene rings is 2. The summed E-state index contributed by atoms with van der Waals surface area (Å²) in [5.41, 5.74) is 1.03. The van der Waals surface area contributed by atoms with Gasteiger partial charge in [0.1, 0.15) is 5.82 Å². The third kappa shape index (κ3) is 5.97. The number of halogens is 2. The first-order valence-electron chi connectivity index (χ1n) is 8.75. The molecule has 1 aromatic heterocycles. The van der Waals surface area contributed by atoms with Gasteiger partial charge in [0.2, 0.25) is 10.0 Å². The van der Waals surface area contributed by atoms with Gasteiger partial charge in [0.05, 0.1) is 4.90 Å². The SMILES string of the molecule is C[C@H](CNCCc1ccc(F)cc1)NS(=O)(=O)c1ccc2cnccc2c1.Cl. The van der Waals surface area contributed by atoms with Gasteiger partial charge in [0.15, 0.2) is 0 Å². The van der Waals surface area contributed by atoms with Gasteiger partial charge >= 0.3 is 0 Å². The molecule has 0 aliphatic heterocycles. The predicted molar refractivity (Wildman–Crippen MR) is 112 cm³/mol. The predicted octanol–water partition coefficient (Wildman–Crippen LogP) is 3.29. The van der Waals surface area contributed by atoms with E-state index in [0.29, 0.717) is 13.1 Å². The van der Waals surface area contributed by atoms with Gasteiger partial charge in [-0.25, -0.2) is 17.5 Å². The Hall–Kier alpha value is -2.06. The minimum atomic E-state index is -3.60. The monoisotopic (exact) mass is 423 g/mol. The topological polar surface area (TPSA) is 71.1 Å². The van der Waals surface area contributed by atoms with Gasteiger partial charge in [-0.3, -0.25) is 4.98 Å². The van der Waals surface area contributed by atoms with Crippen LogP contribution in [0.25, 0.3) is 10.8 Å². The lowest BCUT2D eigenvalue weighted by Crippen LogP contribution is -2.40. The van der Waals surface area contributed by atoms with Crippen molar-refractivity contribution in [3.63, 3.8) is 0 Å². The van der Waals surface area contributed by atoms with Crippen LogP contribution in [0.2, 0.25) is 0 Å². The number of nitrogens with zero attached hydrogens (tertiary/aromatic N) is 1. The van der Waals surface area contributed by atoms with Crippen LogP contribution in [0, 0.1) is 5.82 Å². The van der Waals surface area contributed by atoms with E-state index in [0.717, 1.165) is 22.8 Å². The molecule has 3 aromatic rings. The number of pyridine rings is 1. The van der Waals surface area contributed by atoms with E-state index in [1.807, 2.05) is 6.92 Å². The second kappa shape index (κ2) is 9.93. The van der Waals surface area contributed by atoms with E-state index >= 15 is 0 Å². The maximum atomic E-state index is 12.9. The average molecular weight is 424 g/mol. The van der Waals surface area contributed by atoms with Crippen molar-refractivity contribution in [1.82, 2.24) is 15.0 Å². The number of rotatable bonds is 8. The minimum Gasteiger partial charge on any atom is -0.315 e. The summed E-state index contributed by atoms with van der Waals surface area (Å²) >= 11 is 0. The van der Waals surface area contributed by atoms with Gasteiger partial charge in [-0.15, -0.1) is 12.4 Å². The van der Waals surface area contributed by atoms with Crippen LogP contribution in [0.5, 0.6) is 0 Å². The molecule has 0 unspecified atom stereocenters. The first-order valence-corrected chi connectivity index (χ1v) is 10.2. The molecule has 0 fully saturated rings. The smallest absolute Gasteiger partial charge is 0.240 e. The van der Waals surface area contributed by atoms with Gasteiger partial charge in [0, 0.05) is 30.4 Å². The Morgan fingerprint density at radius 1 is 1.07 bits per heavy atom. The largest absolute Gasteiger partial charge is 0.315 e. The van der Waals surface area contributed by atoms with Gasteiger partial charge in [-0.1, -0.05) is 18.2 Å². The summed E-state index contributed by atoms with van der Waals surface area (Å²) in [5.74, 6) is -0.250. The quantitative estimate of drug-likeness (QED) is 0.545. The molecule has 0 bridgehead atoms. The van der Waals surface area contributed by atoms with Crippen molar-refractivity contribution in [3.8, 4) is 0 Å². The number of hydrogen-bond donors (Lipinski definition) is 2.